The van der Waals surface area contributed by atoms with Crippen molar-refractivity contribution in [2.75, 3.05) is 32.7 Å². The minimum absolute atomic E-state index is 0.248. The molecule has 2 rings (SSSR count). The zero-order chi connectivity index (χ0) is 19.2. The molecule has 0 spiro atoms. The second kappa shape index (κ2) is 9.42. The van der Waals surface area contributed by atoms with Gasteiger partial charge in [0, 0.05) is 25.7 Å². The van der Waals surface area contributed by atoms with E-state index in [-0.39, 0.29) is 6.54 Å². The van der Waals surface area contributed by atoms with Crippen LogP contribution in [0, 0.1) is 12.8 Å². The lowest BCUT2D eigenvalue weighted by atomic mass is 9.97. The number of aliphatic imine (C=N–C) groups is 1. The molecule has 1 fully saturated rings. The highest BCUT2D eigenvalue weighted by Crippen LogP contribution is 2.23. The summed E-state index contributed by atoms with van der Waals surface area (Å²) in [6.07, 6.45) is 2.50. The Kier molecular flexibility index (Phi) is 7.53. The van der Waals surface area contributed by atoms with E-state index in [9.17, 15) is 5.11 Å². The van der Waals surface area contributed by atoms with Crippen LogP contribution in [0.25, 0.3) is 0 Å². The minimum Gasteiger partial charge on any atom is -0.463 e. The highest BCUT2D eigenvalue weighted by Gasteiger charge is 2.27. The van der Waals surface area contributed by atoms with Crippen molar-refractivity contribution in [1.82, 2.24) is 15.5 Å². The second-order valence-corrected chi connectivity index (χ2v) is 7.86. The van der Waals surface area contributed by atoms with Crippen molar-refractivity contribution in [2.24, 2.45) is 10.9 Å². The van der Waals surface area contributed by atoms with Crippen LogP contribution in [0.15, 0.2) is 21.5 Å². The van der Waals surface area contributed by atoms with Gasteiger partial charge in [0.1, 0.15) is 17.1 Å². The Morgan fingerprint density at radius 1 is 1.42 bits per heavy atom. The summed E-state index contributed by atoms with van der Waals surface area (Å²) in [5.74, 6) is 2.72. The van der Waals surface area contributed by atoms with Gasteiger partial charge in [0.15, 0.2) is 5.96 Å². The fourth-order valence-corrected chi connectivity index (χ4v) is 3.35. The number of rotatable bonds is 7. The molecule has 0 bridgehead atoms. The molecule has 1 aromatic rings. The average molecular weight is 365 g/mol. The van der Waals surface area contributed by atoms with Gasteiger partial charge in [-0.3, -0.25) is 0 Å². The largest absolute Gasteiger partial charge is 0.463 e. The predicted octanol–water partition coefficient (Wildman–Crippen LogP) is 2.47. The molecule has 0 aromatic carbocycles. The number of hydrogen-bond acceptors (Lipinski definition) is 4. The lowest BCUT2D eigenvalue weighted by Gasteiger charge is -2.35. The van der Waals surface area contributed by atoms with E-state index in [4.69, 9.17) is 4.42 Å². The number of likely N-dealkylation sites (tertiary alicyclic amines) is 1. The summed E-state index contributed by atoms with van der Waals surface area (Å²) >= 11 is 0. The van der Waals surface area contributed by atoms with E-state index in [1.807, 2.05) is 26.0 Å². The zero-order valence-corrected chi connectivity index (χ0v) is 17.0. The first-order chi connectivity index (χ1) is 12.3. The van der Waals surface area contributed by atoms with Gasteiger partial charge in [0.05, 0.1) is 6.54 Å². The van der Waals surface area contributed by atoms with Crippen LogP contribution in [0.2, 0.25) is 0 Å². The molecule has 0 radical (unpaired) electrons. The Hall–Kier alpha value is -1.53. The number of aryl methyl sites for hydroxylation is 1. The van der Waals surface area contributed by atoms with E-state index in [2.05, 4.69) is 34.4 Å². The van der Waals surface area contributed by atoms with E-state index in [0.717, 1.165) is 31.4 Å². The van der Waals surface area contributed by atoms with Gasteiger partial charge in [-0.05, 0) is 72.1 Å². The van der Waals surface area contributed by atoms with E-state index in [1.165, 1.54) is 19.4 Å². The molecule has 1 aliphatic heterocycles. The molecular weight excluding hydrogens is 328 g/mol. The Morgan fingerprint density at radius 3 is 2.81 bits per heavy atom. The van der Waals surface area contributed by atoms with Crippen molar-refractivity contribution in [3.05, 3.63) is 23.7 Å². The molecule has 26 heavy (non-hydrogen) atoms. The molecule has 148 valence electrons. The molecule has 3 N–H and O–H groups in total. The highest BCUT2D eigenvalue weighted by molar-refractivity contribution is 5.79. The summed E-state index contributed by atoms with van der Waals surface area (Å²) in [4.78, 5) is 7.13. The molecule has 2 heterocycles. The number of aliphatic hydroxyl groups is 1. The molecule has 0 aliphatic carbocycles. The third-order valence-electron chi connectivity index (χ3n) is 5.00. The monoisotopic (exact) mass is 364 g/mol. The number of piperidine rings is 1. The summed E-state index contributed by atoms with van der Waals surface area (Å²) in [6, 6.07) is 4.28. The second-order valence-electron chi connectivity index (χ2n) is 7.86. The van der Waals surface area contributed by atoms with Crippen molar-refractivity contribution < 1.29 is 9.52 Å². The third-order valence-corrected chi connectivity index (χ3v) is 5.00. The minimum atomic E-state index is -1.12. The first-order valence-corrected chi connectivity index (χ1v) is 9.87. The fourth-order valence-electron chi connectivity index (χ4n) is 3.35. The molecule has 1 saturated heterocycles. The Labute approximate surface area is 158 Å². The molecule has 1 aliphatic rings. The average Bonchev–Trinajstić information content (AvgIpc) is 3.05. The van der Waals surface area contributed by atoms with Crippen LogP contribution in [0.1, 0.15) is 52.1 Å². The van der Waals surface area contributed by atoms with Crippen LogP contribution in [0.4, 0.5) is 0 Å². The number of nitrogens with one attached hydrogen (secondary N) is 2. The van der Waals surface area contributed by atoms with Crippen LogP contribution in [0.3, 0.4) is 0 Å². The van der Waals surface area contributed by atoms with Gasteiger partial charge in [0.25, 0.3) is 0 Å². The topological polar surface area (TPSA) is 73.0 Å². The zero-order valence-electron chi connectivity index (χ0n) is 17.0. The van der Waals surface area contributed by atoms with E-state index in [0.29, 0.717) is 17.7 Å². The summed E-state index contributed by atoms with van der Waals surface area (Å²) in [5, 5.41) is 17.4. The third kappa shape index (κ3) is 6.02. The highest BCUT2D eigenvalue weighted by atomic mass is 16.4. The van der Waals surface area contributed by atoms with Gasteiger partial charge in [-0.2, -0.15) is 0 Å². The van der Waals surface area contributed by atoms with Crippen molar-refractivity contribution in [3.63, 3.8) is 0 Å². The quantitative estimate of drug-likeness (QED) is 0.512. The van der Waals surface area contributed by atoms with Gasteiger partial charge in [-0.15, -0.1) is 0 Å². The number of guanidine groups is 1. The van der Waals surface area contributed by atoms with Gasteiger partial charge in [-0.25, -0.2) is 4.99 Å². The number of nitrogens with zero attached hydrogens (tertiary/aromatic N) is 2. The summed E-state index contributed by atoms with van der Waals surface area (Å²) in [7, 11) is 0. The summed E-state index contributed by atoms with van der Waals surface area (Å²) < 4.78 is 5.56. The molecule has 1 aromatic heterocycles. The maximum atomic E-state index is 10.7. The van der Waals surface area contributed by atoms with Crippen LogP contribution in [0.5, 0.6) is 0 Å². The van der Waals surface area contributed by atoms with Crippen molar-refractivity contribution >= 4 is 5.96 Å². The summed E-state index contributed by atoms with van der Waals surface area (Å²) in [6.45, 7) is 14.5. The predicted molar refractivity (Wildman–Crippen MR) is 106 cm³/mol. The van der Waals surface area contributed by atoms with E-state index >= 15 is 0 Å². The lowest BCUT2D eigenvalue weighted by Crippen LogP contribution is -2.46. The van der Waals surface area contributed by atoms with Gasteiger partial charge in [-0.1, -0.05) is 0 Å². The molecule has 2 unspecified atom stereocenters. The molecule has 2 atom stereocenters. The smallest absolute Gasteiger partial charge is 0.191 e. The van der Waals surface area contributed by atoms with E-state index in [1.54, 1.807) is 6.92 Å². The van der Waals surface area contributed by atoms with Crippen LogP contribution >= 0.6 is 0 Å². The molecule has 6 heteroatoms. The number of furan rings is 1. The maximum absolute atomic E-state index is 10.7. The number of hydrogen-bond donors (Lipinski definition) is 3. The molecule has 0 amide bonds. The van der Waals surface area contributed by atoms with Crippen molar-refractivity contribution in [2.45, 2.75) is 59.1 Å². The fraction of sp³-hybridized carbons (Fsp3) is 0.750. The first-order valence-electron chi connectivity index (χ1n) is 9.87. The van der Waals surface area contributed by atoms with Gasteiger partial charge >= 0.3 is 0 Å². The van der Waals surface area contributed by atoms with E-state index < -0.39 is 5.60 Å². The maximum Gasteiger partial charge on any atom is 0.191 e. The normalized spacial score (nSPS) is 21.7. The first kappa shape index (κ1) is 20.8. The van der Waals surface area contributed by atoms with Gasteiger partial charge in [0.2, 0.25) is 0 Å². The van der Waals surface area contributed by atoms with Crippen LogP contribution < -0.4 is 10.6 Å². The van der Waals surface area contributed by atoms with Crippen molar-refractivity contribution in [1.29, 1.82) is 0 Å². The molecule has 0 saturated carbocycles. The summed E-state index contributed by atoms with van der Waals surface area (Å²) in [5.41, 5.74) is -1.12. The standard InChI is InChI=1S/C20H36N4O2/c1-6-21-19(22-12-17-8-7-11-24(13-17)15(2)3)23-14-20(5,25)18-10-9-16(4)26-18/h9-10,15,17,25H,6-8,11-14H2,1-5H3,(H2,21,22,23). The molecular formula is C20H36N4O2. The van der Waals surface area contributed by atoms with Crippen molar-refractivity contribution in [3.8, 4) is 0 Å². The SMILES string of the molecule is CCNC(=NCC(C)(O)c1ccc(C)o1)NCC1CCCN(C(C)C)C1. The van der Waals surface area contributed by atoms with Gasteiger partial charge < -0.3 is 25.1 Å². The lowest BCUT2D eigenvalue weighted by molar-refractivity contribution is 0.0428. The molecule has 6 nitrogen and oxygen atoms in total. The Balaban J connectivity index is 1.92. The van der Waals surface area contributed by atoms with Crippen LogP contribution in [-0.2, 0) is 5.60 Å². The Bertz CT molecular complexity index is 580. The van der Waals surface area contributed by atoms with Crippen LogP contribution in [-0.4, -0.2) is 54.7 Å². The Morgan fingerprint density at radius 2 is 2.19 bits per heavy atom.